The molecule has 22 heavy (non-hydrogen) atoms. The van der Waals surface area contributed by atoms with Crippen LogP contribution in [0.2, 0.25) is 0 Å². The molecule has 0 unspecified atom stereocenters. The quantitative estimate of drug-likeness (QED) is 0.302. The van der Waals surface area contributed by atoms with E-state index in [-0.39, 0.29) is 30.9 Å². The lowest BCUT2D eigenvalue weighted by Crippen LogP contribution is -2.16. The smallest absolute Gasteiger partial charge is 0.306 e. The summed E-state index contributed by atoms with van der Waals surface area (Å²) in [4.78, 5) is 23.1. The third-order valence-corrected chi connectivity index (χ3v) is 4.19. The summed E-state index contributed by atoms with van der Waals surface area (Å²) >= 11 is 5.61. The molecule has 0 N–H and O–H groups in total. The van der Waals surface area contributed by atoms with Crippen LogP contribution in [0.5, 0.6) is 0 Å². The first-order valence-corrected chi connectivity index (χ1v) is 9.17. The highest BCUT2D eigenvalue weighted by Gasteiger charge is 2.19. The maximum Gasteiger partial charge on any atom is 0.306 e. The summed E-state index contributed by atoms with van der Waals surface area (Å²) in [7, 11) is 0. The van der Waals surface area contributed by atoms with Gasteiger partial charge in [0.25, 0.3) is 0 Å². The van der Waals surface area contributed by atoms with Crippen LogP contribution >= 0.6 is 11.6 Å². The van der Waals surface area contributed by atoms with Crippen LogP contribution < -0.4 is 0 Å². The minimum Gasteiger partial charge on any atom is -0.466 e. The number of esters is 2. The van der Waals surface area contributed by atoms with E-state index >= 15 is 0 Å². The van der Waals surface area contributed by atoms with Crippen molar-refractivity contribution in [1.82, 2.24) is 0 Å². The van der Waals surface area contributed by atoms with E-state index in [0.717, 1.165) is 57.2 Å². The van der Waals surface area contributed by atoms with Gasteiger partial charge in [0.05, 0.1) is 19.4 Å². The van der Waals surface area contributed by atoms with E-state index < -0.39 is 0 Å². The molecule has 0 bridgehead atoms. The Morgan fingerprint density at radius 2 is 1.45 bits per heavy atom. The van der Waals surface area contributed by atoms with Crippen molar-refractivity contribution in [2.24, 2.45) is 0 Å². The normalized spacial score (nSPS) is 15.0. The van der Waals surface area contributed by atoms with Crippen molar-refractivity contribution in [3.05, 3.63) is 0 Å². The number of halogens is 1. The molecule has 0 aromatic rings. The molecule has 0 aliphatic heterocycles. The largest absolute Gasteiger partial charge is 0.466 e. The van der Waals surface area contributed by atoms with Gasteiger partial charge in [-0.15, -0.1) is 11.6 Å². The Hall–Kier alpha value is -0.770. The Morgan fingerprint density at radius 3 is 2.14 bits per heavy atom. The number of alkyl halides is 1. The molecule has 1 fully saturated rings. The number of rotatable bonds is 12. The lowest BCUT2D eigenvalue weighted by Gasteiger charge is -2.10. The second-order valence-corrected chi connectivity index (χ2v) is 6.31. The summed E-state index contributed by atoms with van der Waals surface area (Å²) in [6, 6.07) is 0. The molecule has 1 saturated carbocycles. The molecule has 0 saturated heterocycles. The van der Waals surface area contributed by atoms with Crippen LogP contribution in [0.25, 0.3) is 0 Å². The third-order valence-electron chi connectivity index (χ3n) is 3.92. The lowest BCUT2D eigenvalue weighted by molar-refractivity contribution is -0.153. The van der Waals surface area contributed by atoms with Crippen molar-refractivity contribution in [2.75, 3.05) is 12.5 Å². The van der Waals surface area contributed by atoms with E-state index in [9.17, 15) is 9.59 Å². The summed E-state index contributed by atoms with van der Waals surface area (Å²) in [6.45, 7) is 0.450. The van der Waals surface area contributed by atoms with Gasteiger partial charge in [-0.25, -0.2) is 0 Å². The van der Waals surface area contributed by atoms with E-state index in [2.05, 4.69) is 0 Å². The first-order chi connectivity index (χ1) is 10.7. The minimum absolute atomic E-state index is 0.0716. The lowest BCUT2D eigenvalue weighted by atomic mass is 10.1. The van der Waals surface area contributed by atoms with Crippen molar-refractivity contribution in [1.29, 1.82) is 0 Å². The van der Waals surface area contributed by atoms with Gasteiger partial charge in [0.1, 0.15) is 6.10 Å². The van der Waals surface area contributed by atoms with Crippen molar-refractivity contribution < 1.29 is 19.1 Å². The van der Waals surface area contributed by atoms with Crippen LogP contribution in [0.1, 0.15) is 77.0 Å². The van der Waals surface area contributed by atoms with Gasteiger partial charge in [-0.05, 0) is 38.5 Å². The Balaban J connectivity index is 1.89. The summed E-state index contributed by atoms with van der Waals surface area (Å²) in [6.07, 6.45) is 11.1. The average Bonchev–Trinajstić information content (AvgIpc) is 3.01. The molecule has 0 spiro atoms. The molecule has 0 amide bonds. The average molecular weight is 333 g/mol. The van der Waals surface area contributed by atoms with E-state index in [1.807, 2.05) is 0 Å². The second kappa shape index (κ2) is 12.7. The van der Waals surface area contributed by atoms with Crippen molar-refractivity contribution in [3.8, 4) is 0 Å². The molecule has 0 atom stereocenters. The van der Waals surface area contributed by atoms with E-state index in [4.69, 9.17) is 21.1 Å². The number of ether oxygens (including phenoxy) is 2. The molecule has 1 rings (SSSR count). The Kier molecular flexibility index (Phi) is 11.2. The summed E-state index contributed by atoms with van der Waals surface area (Å²) < 4.78 is 10.4. The van der Waals surface area contributed by atoms with Crippen LogP contribution in [0.4, 0.5) is 0 Å². The molecule has 1 aliphatic carbocycles. The maximum absolute atomic E-state index is 11.6. The monoisotopic (exact) mass is 332 g/mol. The maximum atomic E-state index is 11.6. The predicted octanol–water partition coefficient (Wildman–Crippen LogP) is 4.38. The van der Waals surface area contributed by atoms with Crippen molar-refractivity contribution >= 4 is 23.5 Å². The number of carbonyl (C=O) groups excluding carboxylic acids is 2. The van der Waals surface area contributed by atoms with Crippen LogP contribution in [-0.4, -0.2) is 30.5 Å². The fourth-order valence-corrected chi connectivity index (χ4v) is 2.81. The minimum atomic E-state index is -0.300. The molecule has 128 valence electrons. The van der Waals surface area contributed by atoms with Gasteiger partial charge < -0.3 is 9.47 Å². The molecule has 1 aliphatic rings. The SMILES string of the molecule is O=C(CCC(=O)OC1CCCC1)OCCCCCCCCCl. The number of hydrogen-bond donors (Lipinski definition) is 0. The summed E-state index contributed by atoms with van der Waals surface area (Å²) in [5.74, 6) is 0.162. The summed E-state index contributed by atoms with van der Waals surface area (Å²) in [5, 5.41) is 0. The topological polar surface area (TPSA) is 52.6 Å². The molecule has 0 aromatic heterocycles. The van der Waals surface area contributed by atoms with Gasteiger partial charge in [0, 0.05) is 5.88 Å². The highest BCUT2D eigenvalue weighted by molar-refractivity contribution is 6.17. The van der Waals surface area contributed by atoms with Crippen LogP contribution in [0.3, 0.4) is 0 Å². The highest BCUT2D eigenvalue weighted by atomic mass is 35.5. The van der Waals surface area contributed by atoms with Crippen LogP contribution in [-0.2, 0) is 19.1 Å². The summed E-state index contributed by atoms with van der Waals surface area (Å²) in [5.41, 5.74) is 0. The molecule has 5 heteroatoms. The molecule has 0 radical (unpaired) electrons. The van der Waals surface area contributed by atoms with Crippen molar-refractivity contribution in [3.63, 3.8) is 0 Å². The van der Waals surface area contributed by atoms with Gasteiger partial charge in [-0.2, -0.15) is 0 Å². The predicted molar refractivity (Wildman–Crippen MR) is 87.0 cm³/mol. The third kappa shape index (κ3) is 10.0. The van der Waals surface area contributed by atoms with Crippen LogP contribution in [0.15, 0.2) is 0 Å². The highest BCUT2D eigenvalue weighted by Crippen LogP contribution is 2.21. The zero-order valence-electron chi connectivity index (χ0n) is 13.5. The number of unbranched alkanes of at least 4 members (excludes halogenated alkanes) is 5. The van der Waals surface area contributed by atoms with Crippen molar-refractivity contribution in [2.45, 2.75) is 83.2 Å². The zero-order valence-corrected chi connectivity index (χ0v) is 14.2. The van der Waals surface area contributed by atoms with Gasteiger partial charge in [0.2, 0.25) is 0 Å². The zero-order chi connectivity index (χ0) is 16.0. The Morgan fingerprint density at radius 1 is 0.864 bits per heavy atom. The number of carbonyl (C=O) groups is 2. The first kappa shape index (κ1) is 19.3. The molecular weight excluding hydrogens is 304 g/mol. The van der Waals surface area contributed by atoms with Gasteiger partial charge in [-0.3, -0.25) is 9.59 Å². The molecule has 0 aromatic carbocycles. The van der Waals surface area contributed by atoms with Gasteiger partial charge >= 0.3 is 11.9 Å². The van der Waals surface area contributed by atoms with E-state index in [1.54, 1.807) is 0 Å². The first-order valence-electron chi connectivity index (χ1n) is 8.63. The molecule has 4 nitrogen and oxygen atoms in total. The standard InChI is InChI=1S/C17H29ClO4/c18-13-7-3-1-2-4-8-14-21-16(19)11-12-17(20)22-15-9-5-6-10-15/h15H,1-14H2. The van der Waals surface area contributed by atoms with E-state index in [0.29, 0.717) is 6.61 Å². The Bertz CT molecular complexity index is 314. The van der Waals surface area contributed by atoms with Gasteiger partial charge in [0.15, 0.2) is 0 Å². The molecule has 0 heterocycles. The fourth-order valence-electron chi connectivity index (χ4n) is 2.62. The second-order valence-electron chi connectivity index (χ2n) is 5.93. The van der Waals surface area contributed by atoms with Gasteiger partial charge in [-0.1, -0.05) is 25.7 Å². The fraction of sp³-hybridized carbons (Fsp3) is 0.882. The molecular formula is C17H29ClO4. The van der Waals surface area contributed by atoms with E-state index in [1.165, 1.54) is 12.8 Å². The van der Waals surface area contributed by atoms with Crippen LogP contribution in [0, 0.1) is 0 Å². The number of hydrogen-bond acceptors (Lipinski definition) is 4. The Labute approximate surface area is 138 Å².